The summed E-state index contributed by atoms with van der Waals surface area (Å²) in [5.74, 6) is 0.727. The summed E-state index contributed by atoms with van der Waals surface area (Å²) in [5.41, 5.74) is 36.7. The van der Waals surface area contributed by atoms with Crippen LogP contribution in [0.3, 0.4) is 0 Å². The fraction of sp³-hybridized carbons (Fsp3) is 0.0238. The van der Waals surface area contributed by atoms with Crippen LogP contribution in [0.25, 0.3) is 254 Å². The van der Waals surface area contributed by atoms with Gasteiger partial charge in [0.25, 0.3) is 0 Å². The SMILES string of the molecule is CC1(C)c2ccccc2-c2ccc(-c3nc(-c4ccc(-c5cccc6oc7ccccc7c56)cc4)cc4ncccc34)cc21.c1ccc(-c2cc(-c3ccccc3)c3ccc(-c4ccc(-c5cccc6oc7ccccc7c56)c5ccccc45)cc3n2)cc1.c1ccc(-c2nc(-c3ccccc3)c3cc(-c4ccc(-c5cccc6oc7ccccc7c56)c5ccccc45)ccc3n2)cc1. The molecule has 7 aromatic heterocycles. The normalized spacial score (nSPS) is 12.2. The fourth-order valence-electron chi connectivity index (χ4n) is 20.5. The van der Waals surface area contributed by atoms with Crippen LogP contribution in [0.5, 0.6) is 0 Å². The zero-order valence-electron chi connectivity index (χ0n) is 73.3. The monoisotopic (exact) mass is 1710 g/mol. The molecule has 8 nitrogen and oxygen atoms in total. The van der Waals surface area contributed by atoms with Gasteiger partial charge in [-0.25, -0.2) is 19.9 Å². The topological polar surface area (TPSA) is 104 Å². The molecule has 0 saturated carbocycles. The molecule has 0 spiro atoms. The van der Waals surface area contributed by atoms with E-state index in [4.69, 9.17) is 38.2 Å². The van der Waals surface area contributed by atoms with E-state index >= 15 is 0 Å². The van der Waals surface area contributed by atoms with Crippen LogP contribution in [0.2, 0.25) is 0 Å². The first-order chi connectivity index (χ1) is 66.2. The number of fused-ring (bicyclic) bond motifs is 17. The number of para-hydroxylation sites is 3. The van der Waals surface area contributed by atoms with E-state index in [0.717, 1.165) is 177 Å². The summed E-state index contributed by atoms with van der Waals surface area (Å²) in [6.45, 7) is 4.64. The Morgan fingerprint density at radius 1 is 0.187 bits per heavy atom. The lowest BCUT2D eigenvalue weighted by Gasteiger charge is -2.22. The molecule has 0 radical (unpaired) electrons. The van der Waals surface area contributed by atoms with Gasteiger partial charge >= 0.3 is 0 Å². The molecule has 0 fully saturated rings. The van der Waals surface area contributed by atoms with Gasteiger partial charge in [0, 0.05) is 87.9 Å². The first kappa shape index (κ1) is 78.6. The molecule has 27 rings (SSSR count). The molecule has 0 bridgehead atoms. The number of aromatic nitrogens is 5. The Morgan fingerprint density at radius 2 is 0.590 bits per heavy atom. The van der Waals surface area contributed by atoms with Crippen LogP contribution < -0.4 is 0 Å². The number of nitrogens with zero attached hydrogens (tertiary/aromatic N) is 5. The molecule has 19 aromatic carbocycles. The van der Waals surface area contributed by atoms with Crippen molar-refractivity contribution in [3.63, 3.8) is 0 Å². The summed E-state index contributed by atoms with van der Waals surface area (Å²) in [6.07, 6.45) is 1.86. The van der Waals surface area contributed by atoms with Crippen molar-refractivity contribution in [1.29, 1.82) is 0 Å². The third-order valence-corrected chi connectivity index (χ3v) is 26.9. The van der Waals surface area contributed by atoms with E-state index in [9.17, 15) is 0 Å². The Bertz CT molecular complexity index is 9160. The molecule has 628 valence electrons. The van der Waals surface area contributed by atoms with E-state index in [0.29, 0.717) is 0 Å². The Labute approximate surface area is 772 Å². The third-order valence-electron chi connectivity index (χ3n) is 26.9. The van der Waals surface area contributed by atoms with Crippen molar-refractivity contribution >= 4 is 120 Å². The van der Waals surface area contributed by atoms with Gasteiger partial charge in [-0.2, -0.15) is 0 Å². The van der Waals surface area contributed by atoms with Crippen molar-refractivity contribution < 1.29 is 13.3 Å². The molecule has 134 heavy (non-hydrogen) atoms. The second-order valence-corrected chi connectivity index (χ2v) is 35.1. The lowest BCUT2D eigenvalue weighted by atomic mass is 9.82. The molecule has 1 aliphatic carbocycles. The minimum Gasteiger partial charge on any atom is -0.456 e. The van der Waals surface area contributed by atoms with Gasteiger partial charge in [0.2, 0.25) is 0 Å². The predicted molar refractivity (Wildman–Crippen MR) is 555 cm³/mol. The van der Waals surface area contributed by atoms with Crippen molar-refractivity contribution in [2.45, 2.75) is 19.3 Å². The lowest BCUT2D eigenvalue weighted by molar-refractivity contribution is 0.660. The zero-order valence-corrected chi connectivity index (χ0v) is 73.3. The van der Waals surface area contributed by atoms with E-state index < -0.39 is 0 Å². The Hall–Kier alpha value is -17.6. The third kappa shape index (κ3) is 13.6. The maximum absolute atomic E-state index is 6.24. The van der Waals surface area contributed by atoms with Gasteiger partial charge in [-0.1, -0.05) is 378 Å². The summed E-state index contributed by atoms with van der Waals surface area (Å²) in [4.78, 5) is 25.4. The van der Waals surface area contributed by atoms with E-state index in [1.807, 2.05) is 85.1 Å². The van der Waals surface area contributed by atoms with Gasteiger partial charge < -0.3 is 13.3 Å². The van der Waals surface area contributed by atoms with Crippen molar-refractivity contribution in [3.8, 4) is 134 Å². The summed E-state index contributed by atoms with van der Waals surface area (Å²) in [6, 6.07) is 158. The summed E-state index contributed by atoms with van der Waals surface area (Å²) >= 11 is 0. The molecule has 7 heterocycles. The lowest BCUT2D eigenvalue weighted by Crippen LogP contribution is -2.14. The smallest absolute Gasteiger partial charge is 0.160 e. The van der Waals surface area contributed by atoms with Gasteiger partial charge in [-0.05, 0) is 195 Å². The van der Waals surface area contributed by atoms with Crippen LogP contribution in [-0.4, -0.2) is 24.9 Å². The average molecular weight is 1710 g/mol. The minimum atomic E-state index is -0.0768. The molecule has 0 unspecified atom stereocenters. The highest BCUT2D eigenvalue weighted by molar-refractivity contribution is 6.20. The van der Waals surface area contributed by atoms with Gasteiger partial charge in [0.1, 0.15) is 33.5 Å². The van der Waals surface area contributed by atoms with Crippen LogP contribution in [0.15, 0.2) is 468 Å². The molecular weight excluding hydrogens is 1630 g/mol. The molecule has 0 N–H and O–H groups in total. The summed E-state index contributed by atoms with van der Waals surface area (Å²) < 4.78 is 18.6. The predicted octanol–water partition coefficient (Wildman–Crippen LogP) is 34.1. The molecular formula is C126H81N5O3. The van der Waals surface area contributed by atoms with Gasteiger partial charge in [-0.15, -0.1) is 0 Å². The second-order valence-electron chi connectivity index (χ2n) is 35.1. The minimum absolute atomic E-state index is 0.0768. The molecule has 1 aliphatic rings. The molecule has 0 aliphatic heterocycles. The average Bonchev–Trinajstić information content (AvgIpc) is 1.67. The van der Waals surface area contributed by atoms with Gasteiger partial charge in [-0.3, -0.25) is 4.98 Å². The van der Waals surface area contributed by atoms with Crippen molar-refractivity contribution in [3.05, 3.63) is 466 Å². The van der Waals surface area contributed by atoms with E-state index in [2.05, 4.69) is 384 Å². The number of hydrogen-bond acceptors (Lipinski definition) is 8. The maximum atomic E-state index is 6.24. The summed E-state index contributed by atoms with van der Waals surface area (Å²) in [7, 11) is 0. The number of hydrogen-bond donors (Lipinski definition) is 0. The highest BCUT2D eigenvalue weighted by atomic mass is 16.3. The van der Waals surface area contributed by atoms with Gasteiger partial charge in [0.15, 0.2) is 5.82 Å². The number of furan rings is 3. The Kier molecular flexibility index (Phi) is 19.1. The van der Waals surface area contributed by atoms with E-state index in [1.165, 1.54) is 88.3 Å². The van der Waals surface area contributed by atoms with Crippen molar-refractivity contribution in [1.82, 2.24) is 24.9 Å². The number of benzene rings is 19. The van der Waals surface area contributed by atoms with Crippen LogP contribution in [0, 0.1) is 0 Å². The van der Waals surface area contributed by atoms with Crippen LogP contribution in [0.4, 0.5) is 0 Å². The fourth-order valence-corrected chi connectivity index (χ4v) is 20.5. The van der Waals surface area contributed by atoms with Gasteiger partial charge in [0.05, 0.1) is 39.3 Å². The van der Waals surface area contributed by atoms with Crippen LogP contribution >= 0.6 is 0 Å². The van der Waals surface area contributed by atoms with Crippen LogP contribution in [0.1, 0.15) is 25.0 Å². The first-order valence-electron chi connectivity index (χ1n) is 45.6. The largest absolute Gasteiger partial charge is 0.456 e. The van der Waals surface area contributed by atoms with Crippen LogP contribution in [-0.2, 0) is 5.41 Å². The second kappa shape index (κ2) is 32.6. The van der Waals surface area contributed by atoms with E-state index in [1.54, 1.807) is 0 Å². The number of rotatable bonds is 11. The summed E-state index contributed by atoms with van der Waals surface area (Å²) in [5, 5.41) is 14.9. The molecule has 0 saturated heterocycles. The zero-order chi connectivity index (χ0) is 88.9. The van der Waals surface area contributed by atoms with E-state index in [-0.39, 0.29) is 5.41 Å². The molecule has 26 aromatic rings. The standard InChI is InChI=1S/C43H27NO.C42H26N2O.C41H28N2O/c1-3-12-28(13-4-1)38-27-39(29-14-5-2-6-15-29)44-40-26-30(22-23-35(38)40)31-24-25-34(33-17-8-7-16-32(31)33)36-19-11-21-42-43(36)37-18-9-10-20-41(37)45-42;1-3-12-27(13-4-1)41-36-26-29(22-25-37(36)43-42(44-41)28-14-5-2-6-15-28)30-23-24-33(32-17-8-7-16-31(30)32)34-19-11-21-39-40(34)35-18-9-10-20-38(35)45-39;1-41(2)33-13-5-3-9-29(33)30-21-20-27(23-34(30)41)40-31-12-8-22-42-36(31)24-35(43-40)26-18-16-25(17-19-26)28-11-7-15-38-39(28)32-10-4-6-14-37(32)44-38/h1-27H;1-26H;3-24H,1-2H3. The van der Waals surface area contributed by atoms with Crippen molar-refractivity contribution in [2.24, 2.45) is 0 Å². The Morgan fingerprint density at radius 3 is 1.19 bits per heavy atom. The first-order valence-corrected chi connectivity index (χ1v) is 45.6. The van der Waals surface area contributed by atoms with Crippen molar-refractivity contribution in [2.75, 3.05) is 0 Å². The molecule has 0 atom stereocenters. The highest BCUT2D eigenvalue weighted by Crippen LogP contribution is 2.52. The maximum Gasteiger partial charge on any atom is 0.160 e. The Balaban J connectivity index is 0.000000107. The highest BCUT2D eigenvalue weighted by Gasteiger charge is 2.36. The molecule has 0 amide bonds. The molecule has 8 heteroatoms. The quantitative estimate of drug-likeness (QED) is 0.126. The number of pyridine rings is 3.